The Kier molecular flexibility index (Phi) is 8.26. The van der Waals surface area contributed by atoms with E-state index < -0.39 is 15.9 Å². The molecule has 1 aromatic heterocycles. The van der Waals surface area contributed by atoms with Gasteiger partial charge in [0.05, 0.1) is 22.2 Å². The topological polar surface area (TPSA) is 93.1 Å². The summed E-state index contributed by atoms with van der Waals surface area (Å²) in [4.78, 5) is 13.3. The summed E-state index contributed by atoms with van der Waals surface area (Å²) >= 11 is 18.7. The van der Waals surface area contributed by atoms with Crippen LogP contribution in [0.1, 0.15) is 21.6 Å². The Morgan fingerprint density at radius 3 is 2.22 bits per heavy atom. The molecule has 0 aliphatic carbocycles. The Hall–Kier alpha value is -2.88. The molecule has 0 unspecified atom stereocenters. The van der Waals surface area contributed by atoms with Gasteiger partial charge in [0.15, 0.2) is 5.69 Å². The van der Waals surface area contributed by atoms with Crippen LogP contribution in [0, 0.1) is 6.92 Å². The number of hydrogen-bond acceptors (Lipinski definition) is 4. The van der Waals surface area contributed by atoms with E-state index in [-0.39, 0.29) is 11.4 Å². The van der Waals surface area contributed by atoms with E-state index >= 15 is 0 Å². The fourth-order valence-electron chi connectivity index (χ4n) is 3.78. The van der Waals surface area contributed by atoms with E-state index in [1.54, 1.807) is 59.3 Å². The maximum atomic E-state index is 13.3. The van der Waals surface area contributed by atoms with E-state index in [1.807, 2.05) is 19.1 Å². The molecule has 0 bridgehead atoms. The molecule has 0 saturated heterocycles. The maximum absolute atomic E-state index is 13.3. The molecule has 4 rings (SSSR count). The van der Waals surface area contributed by atoms with Crippen LogP contribution in [-0.2, 0) is 16.4 Å². The van der Waals surface area contributed by atoms with Crippen molar-refractivity contribution >= 4 is 56.4 Å². The normalized spacial score (nSPS) is 11.5. The minimum atomic E-state index is -3.30. The molecule has 1 amide bonds. The SMILES string of the molecule is CNS(=O)(=O)CCc1ccc(NC(=O)c2nn(-c3ccc(Cl)cc3Cl)c(-c3ccc(Cl)cc3)c2C)cc1. The van der Waals surface area contributed by atoms with Gasteiger partial charge in [0.1, 0.15) is 0 Å². The number of amides is 1. The van der Waals surface area contributed by atoms with Crippen molar-refractivity contribution in [2.24, 2.45) is 0 Å². The van der Waals surface area contributed by atoms with E-state index in [0.717, 1.165) is 11.1 Å². The van der Waals surface area contributed by atoms with Gasteiger partial charge in [-0.3, -0.25) is 4.79 Å². The molecule has 192 valence electrons. The van der Waals surface area contributed by atoms with Crippen LogP contribution in [0.15, 0.2) is 66.7 Å². The van der Waals surface area contributed by atoms with Gasteiger partial charge in [0.25, 0.3) is 5.91 Å². The Morgan fingerprint density at radius 2 is 1.59 bits per heavy atom. The molecule has 2 N–H and O–H groups in total. The highest BCUT2D eigenvalue weighted by Gasteiger charge is 2.23. The van der Waals surface area contributed by atoms with Crippen molar-refractivity contribution in [3.63, 3.8) is 0 Å². The van der Waals surface area contributed by atoms with Crippen LogP contribution in [0.25, 0.3) is 16.9 Å². The lowest BCUT2D eigenvalue weighted by Crippen LogP contribution is -2.23. The number of sulfonamides is 1. The van der Waals surface area contributed by atoms with E-state index in [4.69, 9.17) is 34.8 Å². The summed E-state index contributed by atoms with van der Waals surface area (Å²) in [6.45, 7) is 1.82. The third kappa shape index (κ3) is 6.34. The van der Waals surface area contributed by atoms with E-state index in [1.165, 1.54) is 7.05 Å². The Morgan fingerprint density at radius 1 is 0.946 bits per heavy atom. The van der Waals surface area contributed by atoms with Gasteiger partial charge in [-0.25, -0.2) is 17.8 Å². The predicted octanol–water partition coefficient (Wildman–Crippen LogP) is 6.15. The lowest BCUT2D eigenvalue weighted by molar-refractivity contribution is 0.102. The number of aromatic nitrogens is 2. The number of rotatable bonds is 8. The molecule has 37 heavy (non-hydrogen) atoms. The second-order valence-corrected chi connectivity index (χ2v) is 11.6. The number of anilines is 1. The first-order chi connectivity index (χ1) is 17.6. The van der Waals surface area contributed by atoms with Crippen LogP contribution < -0.4 is 10.0 Å². The number of carbonyl (C=O) groups is 1. The van der Waals surface area contributed by atoms with E-state index in [0.29, 0.717) is 44.1 Å². The lowest BCUT2D eigenvalue weighted by Gasteiger charge is -2.11. The van der Waals surface area contributed by atoms with E-state index in [2.05, 4.69) is 15.1 Å². The van der Waals surface area contributed by atoms with Gasteiger partial charge in [-0.1, -0.05) is 59.1 Å². The molecule has 0 fully saturated rings. The number of hydrogen-bond donors (Lipinski definition) is 2. The number of aryl methyl sites for hydroxylation is 1. The number of benzene rings is 3. The highest BCUT2D eigenvalue weighted by Crippen LogP contribution is 2.33. The van der Waals surface area contributed by atoms with Gasteiger partial charge in [0, 0.05) is 26.9 Å². The number of carbonyl (C=O) groups excluding carboxylic acids is 1. The highest BCUT2D eigenvalue weighted by atomic mass is 35.5. The summed E-state index contributed by atoms with van der Waals surface area (Å²) in [5, 5.41) is 8.93. The summed E-state index contributed by atoms with van der Waals surface area (Å²) in [5.41, 5.74) is 4.32. The van der Waals surface area contributed by atoms with Crippen LogP contribution in [0.3, 0.4) is 0 Å². The molecule has 0 saturated carbocycles. The summed E-state index contributed by atoms with van der Waals surface area (Å²) in [5.74, 6) is -0.422. The van der Waals surface area contributed by atoms with Crippen molar-refractivity contribution < 1.29 is 13.2 Å². The molecular formula is C26H23Cl3N4O3S. The molecule has 0 atom stereocenters. The lowest BCUT2D eigenvalue weighted by atomic mass is 10.1. The van der Waals surface area contributed by atoms with Crippen molar-refractivity contribution in [2.45, 2.75) is 13.3 Å². The van der Waals surface area contributed by atoms with Gasteiger partial charge in [0.2, 0.25) is 10.0 Å². The Bertz CT molecular complexity index is 1550. The molecular weight excluding hydrogens is 555 g/mol. The number of halogens is 3. The molecule has 1 heterocycles. The first kappa shape index (κ1) is 27.2. The molecule has 4 aromatic rings. The molecule has 0 spiro atoms. The fourth-order valence-corrected chi connectivity index (χ4v) is 5.11. The van der Waals surface area contributed by atoms with Crippen LogP contribution in [0.2, 0.25) is 15.1 Å². The Labute approximate surface area is 230 Å². The van der Waals surface area contributed by atoms with Crippen molar-refractivity contribution in [3.8, 4) is 16.9 Å². The van der Waals surface area contributed by atoms with Gasteiger partial charge >= 0.3 is 0 Å². The molecule has 0 aliphatic rings. The summed E-state index contributed by atoms with van der Waals surface area (Å²) in [7, 11) is -1.91. The van der Waals surface area contributed by atoms with Gasteiger partial charge in [-0.05, 0) is 68.4 Å². The summed E-state index contributed by atoms with van der Waals surface area (Å²) < 4.78 is 27.2. The molecule has 7 nitrogen and oxygen atoms in total. The first-order valence-corrected chi connectivity index (χ1v) is 14.0. The van der Waals surface area contributed by atoms with Crippen LogP contribution >= 0.6 is 34.8 Å². The second kappa shape index (κ2) is 11.2. The zero-order valence-electron chi connectivity index (χ0n) is 19.9. The minimum absolute atomic E-state index is 0.0213. The molecule has 0 aliphatic heterocycles. The molecule has 3 aromatic carbocycles. The average molecular weight is 578 g/mol. The number of nitrogens with zero attached hydrogens (tertiary/aromatic N) is 2. The molecule has 0 radical (unpaired) electrons. The van der Waals surface area contributed by atoms with Crippen LogP contribution in [0.5, 0.6) is 0 Å². The largest absolute Gasteiger partial charge is 0.321 e. The highest BCUT2D eigenvalue weighted by molar-refractivity contribution is 7.89. The van der Waals surface area contributed by atoms with Crippen molar-refractivity contribution in [3.05, 3.63) is 98.6 Å². The Balaban J connectivity index is 1.66. The monoisotopic (exact) mass is 576 g/mol. The van der Waals surface area contributed by atoms with Gasteiger partial charge in [-0.2, -0.15) is 5.10 Å². The number of nitrogens with one attached hydrogen (secondary N) is 2. The third-order valence-corrected chi connectivity index (χ3v) is 7.93. The van der Waals surface area contributed by atoms with Crippen LogP contribution in [-0.4, -0.2) is 36.9 Å². The zero-order chi connectivity index (χ0) is 26.7. The average Bonchev–Trinajstić information content (AvgIpc) is 3.21. The minimum Gasteiger partial charge on any atom is -0.321 e. The summed E-state index contributed by atoms with van der Waals surface area (Å²) in [6, 6.07) is 19.3. The maximum Gasteiger partial charge on any atom is 0.276 e. The van der Waals surface area contributed by atoms with Crippen molar-refractivity contribution in [1.82, 2.24) is 14.5 Å². The smallest absolute Gasteiger partial charge is 0.276 e. The molecule has 11 heteroatoms. The van der Waals surface area contributed by atoms with Crippen molar-refractivity contribution in [2.75, 3.05) is 18.1 Å². The van der Waals surface area contributed by atoms with Gasteiger partial charge < -0.3 is 5.32 Å². The summed E-state index contributed by atoms with van der Waals surface area (Å²) in [6.07, 6.45) is 0.354. The standard InChI is InChI=1S/C26H23Cl3N4O3S/c1-16-24(26(34)31-21-10-3-17(4-11-21)13-14-37(35,36)30-2)32-33(23-12-9-20(28)15-22(23)29)25(16)18-5-7-19(27)8-6-18/h3-12,15,30H,13-14H2,1-2H3,(H,31,34). The predicted molar refractivity (Wildman–Crippen MR) is 150 cm³/mol. The van der Waals surface area contributed by atoms with E-state index in [9.17, 15) is 13.2 Å². The first-order valence-electron chi connectivity index (χ1n) is 11.2. The second-order valence-electron chi connectivity index (χ2n) is 8.26. The van der Waals surface area contributed by atoms with Gasteiger partial charge in [-0.15, -0.1) is 0 Å². The zero-order valence-corrected chi connectivity index (χ0v) is 23.0. The quantitative estimate of drug-likeness (QED) is 0.263. The van der Waals surface area contributed by atoms with Crippen molar-refractivity contribution in [1.29, 1.82) is 0 Å². The van der Waals surface area contributed by atoms with Crippen LogP contribution in [0.4, 0.5) is 5.69 Å². The fraction of sp³-hybridized carbons (Fsp3) is 0.154. The third-order valence-electron chi connectivity index (χ3n) is 5.78.